The van der Waals surface area contributed by atoms with Crippen LogP contribution in [0, 0.1) is 19.8 Å². The molecule has 1 aromatic heterocycles. The van der Waals surface area contributed by atoms with E-state index in [1.807, 2.05) is 29.2 Å². The minimum absolute atomic E-state index is 0.0375. The molecule has 7 nitrogen and oxygen atoms in total. The summed E-state index contributed by atoms with van der Waals surface area (Å²) >= 11 is 0. The van der Waals surface area contributed by atoms with Gasteiger partial charge >= 0.3 is 0 Å². The van der Waals surface area contributed by atoms with Crippen molar-refractivity contribution in [1.82, 2.24) is 15.1 Å². The van der Waals surface area contributed by atoms with Crippen molar-refractivity contribution in [1.29, 1.82) is 0 Å². The van der Waals surface area contributed by atoms with Gasteiger partial charge in [0.15, 0.2) is 5.82 Å². The Morgan fingerprint density at radius 2 is 1.84 bits per heavy atom. The maximum absolute atomic E-state index is 13.2. The van der Waals surface area contributed by atoms with E-state index in [-0.39, 0.29) is 24.2 Å². The monoisotopic (exact) mass is 417 g/mol. The van der Waals surface area contributed by atoms with Crippen LogP contribution in [0.5, 0.6) is 0 Å². The third-order valence-electron chi connectivity index (χ3n) is 6.46. The second-order valence-corrected chi connectivity index (χ2v) is 8.60. The Hall–Kier alpha value is -3.35. The van der Waals surface area contributed by atoms with Crippen molar-refractivity contribution in [2.24, 2.45) is 5.92 Å². The normalized spacial score (nSPS) is 19.5. The predicted molar refractivity (Wildman–Crippen MR) is 121 cm³/mol. The molecule has 0 unspecified atom stereocenters. The number of para-hydroxylation sites is 1. The van der Waals surface area contributed by atoms with Crippen molar-refractivity contribution < 1.29 is 9.59 Å². The molecule has 0 saturated carbocycles. The highest BCUT2D eigenvalue weighted by Gasteiger charge is 2.39. The predicted octanol–water partition coefficient (Wildman–Crippen LogP) is 2.88. The molecule has 2 aliphatic rings. The van der Waals surface area contributed by atoms with Crippen molar-refractivity contribution in [3.8, 4) is 0 Å². The Morgan fingerprint density at radius 1 is 1.06 bits per heavy atom. The van der Waals surface area contributed by atoms with E-state index in [2.05, 4.69) is 47.1 Å². The lowest BCUT2D eigenvalue weighted by Crippen LogP contribution is -2.50. The molecule has 0 spiro atoms. The summed E-state index contributed by atoms with van der Waals surface area (Å²) in [5.74, 6) is 0.353. The Balaban J connectivity index is 1.25. The summed E-state index contributed by atoms with van der Waals surface area (Å²) in [5, 5.41) is 8.23. The summed E-state index contributed by atoms with van der Waals surface area (Å²) in [6.07, 6.45) is 0.247. The first-order valence-corrected chi connectivity index (χ1v) is 10.9. The van der Waals surface area contributed by atoms with Crippen LogP contribution in [0.25, 0.3) is 10.9 Å². The first-order chi connectivity index (χ1) is 15.0. The van der Waals surface area contributed by atoms with Gasteiger partial charge in [0.1, 0.15) is 0 Å². The largest absolute Gasteiger partial charge is 0.368 e. The number of carbonyl (C=O) groups excluding carboxylic acids is 2. The molecule has 2 fully saturated rings. The van der Waals surface area contributed by atoms with Crippen molar-refractivity contribution >= 4 is 34.2 Å². The fourth-order valence-electron chi connectivity index (χ4n) is 4.82. The number of anilines is 2. The highest BCUT2D eigenvalue weighted by atomic mass is 16.2. The van der Waals surface area contributed by atoms with Gasteiger partial charge in [-0.25, -0.2) is 0 Å². The molecule has 2 saturated heterocycles. The topological polar surface area (TPSA) is 72.5 Å². The number of aromatic nitrogens is 2. The molecule has 3 heterocycles. The number of benzene rings is 2. The number of aromatic amines is 1. The van der Waals surface area contributed by atoms with Crippen LogP contribution in [0.15, 0.2) is 42.5 Å². The van der Waals surface area contributed by atoms with Crippen LogP contribution in [-0.2, 0) is 9.59 Å². The number of hydrogen-bond donors (Lipinski definition) is 1. The van der Waals surface area contributed by atoms with Crippen LogP contribution < -0.4 is 9.80 Å². The fourth-order valence-corrected chi connectivity index (χ4v) is 4.82. The number of rotatable bonds is 3. The first kappa shape index (κ1) is 19.6. The molecule has 0 radical (unpaired) electrons. The molecule has 2 amide bonds. The molecule has 5 rings (SSSR count). The van der Waals surface area contributed by atoms with E-state index < -0.39 is 0 Å². The Kier molecular flexibility index (Phi) is 4.88. The van der Waals surface area contributed by atoms with Crippen LogP contribution in [0.1, 0.15) is 17.5 Å². The lowest BCUT2D eigenvalue weighted by atomic mass is 10.1. The number of hydrogen-bond acceptors (Lipinski definition) is 4. The third-order valence-corrected chi connectivity index (χ3v) is 6.46. The van der Waals surface area contributed by atoms with Gasteiger partial charge in [-0.1, -0.05) is 29.8 Å². The van der Waals surface area contributed by atoms with Crippen LogP contribution in [0.3, 0.4) is 0 Å². The average Bonchev–Trinajstić information content (AvgIpc) is 3.37. The molecule has 160 valence electrons. The number of carbonyl (C=O) groups is 2. The highest BCUT2D eigenvalue weighted by molar-refractivity contribution is 6.05. The molecule has 0 bridgehead atoms. The number of nitrogens with zero attached hydrogens (tertiary/aromatic N) is 4. The second kappa shape index (κ2) is 7.72. The van der Waals surface area contributed by atoms with E-state index >= 15 is 0 Å². The maximum Gasteiger partial charge on any atom is 0.229 e. The van der Waals surface area contributed by atoms with Crippen LogP contribution >= 0.6 is 0 Å². The number of aryl methyl sites for hydroxylation is 2. The van der Waals surface area contributed by atoms with E-state index in [0.29, 0.717) is 25.5 Å². The number of fused-ring (bicyclic) bond motifs is 1. The zero-order valence-corrected chi connectivity index (χ0v) is 18.0. The van der Waals surface area contributed by atoms with Gasteiger partial charge in [0.05, 0.1) is 11.4 Å². The minimum atomic E-state index is -0.310. The van der Waals surface area contributed by atoms with Gasteiger partial charge in [-0.3, -0.25) is 19.6 Å². The van der Waals surface area contributed by atoms with E-state index in [1.165, 1.54) is 16.8 Å². The molecule has 0 aliphatic carbocycles. The summed E-state index contributed by atoms with van der Waals surface area (Å²) in [6.45, 7) is 7.62. The second-order valence-electron chi connectivity index (χ2n) is 8.60. The molecule has 2 aliphatic heterocycles. The Labute approximate surface area is 181 Å². The molecule has 3 aromatic rings. The zero-order valence-electron chi connectivity index (χ0n) is 18.0. The molecule has 1 N–H and O–H groups in total. The molecular weight excluding hydrogens is 390 g/mol. The van der Waals surface area contributed by atoms with E-state index in [0.717, 1.165) is 24.0 Å². The number of piperazine rings is 1. The van der Waals surface area contributed by atoms with Crippen molar-refractivity contribution in [2.45, 2.75) is 20.3 Å². The number of nitrogens with one attached hydrogen (secondary N) is 1. The Morgan fingerprint density at radius 3 is 2.61 bits per heavy atom. The quantitative estimate of drug-likeness (QED) is 0.711. The summed E-state index contributed by atoms with van der Waals surface area (Å²) < 4.78 is 0. The van der Waals surface area contributed by atoms with E-state index in [4.69, 9.17) is 0 Å². The maximum atomic E-state index is 13.2. The van der Waals surface area contributed by atoms with Gasteiger partial charge < -0.3 is 9.80 Å². The standard InChI is InChI=1S/C24H27N5O2/c1-16-7-8-21(17(2)13-16)27-9-11-28(12-10-27)24(31)18-14-22(30)29(15-18)23-19-5-3-4-6-20(19)25-26-23/h3-8,13,18H,9-12,14-15H2,1-2H3,(H,25,26)/t18-/m0/s1. The minimum Gasteiger partial charge on any atom is -0.368 e. The van der Waals surface area contributed by atoms with Crippen molar-refractivity contribution in [3.05, 3.63) is 53.6 Å². The fraction of sp³-hybridized carbons (Fsp3) is 0.375. The lowest BCUT2D eigenvalue weighted by molar-refractivity contribution is -0.136. The molecule has 7 heteroatoms. The van der Waals surface area contributed by atoms with Gasteiger partial charge in [-0.2, -0.15) is 5.10 Å². The highest BCUT2D eigenvalue weighted by Crippen LogP contribution is 2.31. The van der Waals surface area contributed by atoms with Crippen molar-refractivity contribution in [3.63, 3.8) is 0 Å². The summed E-state index contributed by atoms with van der Waals surface area (Å²) in [7, 11) is 0. The van der Waals surface area contributed by atoms with Gasteiger partial charge in [0.25, 0.3) is 0 Å². The van der Waals surface area contributed by atoms with Gasteiger partial charge in [-0.15, -0.1) is 0 Å². The zero-order chi connectivity index (χ0) is 21.5. The summed E-state index contributed by atoms with van der Waals surface area (Å²) in [5.41, 5.74) is 4.66. The van der Waals surface area contributed by atoms with Gasteiger partial charge in [-0.05, 0) is 37.6 Å². The lowest BCUT2D eigenvalue weighted by Gasteiger charge is -2.37. The SMILES string of the molecule is Cc1ccc(N2CCN(C(=O)[C@H]3CC(=O)N(c4n[nH]c5ccccc45)C3)CC2)c(C)c1. The molecule has 31 heavy (non-hydrogen) atoms. The summed E-state index contributed by atoms with van der Waals surface area (Å²) in [4.78, 5) is 31.8. The Bertz CT molecular complexity index is 1150. The first-order valence-electron chi connectivity index (χ1n) is 10.9. The van der Waals surface area contributed by atoms with Crippen LogP contribution in [0.2, 0.25) is 0 Å². The molecule has 1 atom stereocenters. The summed E-state index contributed by atoms with van der Waals surface area (Å²) in [6, 6.07) is 14.2. The third kappa shape index (κ3) is 3.54. The van der Waals surface area contributed by atoms with E-state index in [9.17, 15) is 9.59 Å². The van der Waals surface area contributed by atoms with E-state index in [1.54, 1.807) is 4.90 Å². The van der Waals surface area contributed by atoms with Crippen LogP contribution in [0.4, 0.5) is 11.5 Å². The van der Waals surface area contributed by atoms with Crippen molar-refractivity contribution in [2.75, 3.05) is 42.5 Å². The number of H-pyrrole nitrogens is 1. The van der Waals surface area contributed by atoms with Gasteiger partial charge in [0, 0.05) is 50.2 Å². The van der Waals surface area contributed by atoms with Gasteiger partial charge in [0.2, 0.25) is 11.8 Å². The number of amides is 2. The average molecular weight is 418 g/mol. The molecule has 2 aromatic carbocycles. The smallest absolute Gasteiger partial charge is 0.229 e. The van der Waals surface area contributed by atoms with Crippen LogP contribution in [-0.4, -0.2) is 59.6 Å². The molecular formula is C24H27N5O2.